The summed E-state index contributed by atoms with van der Waals surface area (Å²) in [5.41, 5.74) is -1.23. The van der Waals surface area contributed by atoms with Crippen LogP contribution in [0.1, 0.15) is 40.5 Å². The number of carboxylic acids is 1. The van der Waals surface area contributed by atoms with E-state index in [2.05, 4.69) is 4.90 Å². The highest BCUT2D eigenvalue weighted by Crippen LogP contribution is 2.50. The molecule has 2 heterocycles. The van der Waals surface area contributed by atoms with Crippen LogP contribution in [0.15, 0.2) is 0 Å². The van der Waals surface area contributed by atoms with Crippen LogP contribution in [-0.2, 0) is 14.3 Å². The fourth-order valence-electron chi connectivity index (χ4n) is 3.86. The monoisotopic (exact) mass is 271 g/mol. The van der Waals surface area contributed by atoms with Gasteiger partial charge in [0.25, 0.3) is 0 Å². The number of ether oxygens (including phenoxy) is 2. The maximum atomic E-state index is 11.4. The number of morpholine rings is 1. The Morgan fingerprint density at radius 1 is 1.21 bits per heavy atom. The summed E-state index contributed by atoms with van der Waals surface area (Å²) in [5, 5.41) is 9.36. The van der Waals surface area contributed by atoms with Crippen LogP contribution >= 0.6 is 0 Å². The van der Waals surface area contributed by atoms with E-state index in [0.29, 0.717) is 13.2 Å². The number of aliphatic carboxylic acids is 1. The van der Waals surface area contributed by atoms with Crippen molar-refractivity contribution in [3.63, 3.8) is 0 Å². The second-order valence-electron chi connectivity index (χ2n) is 6.75. The average molecular weight is 271 g/mol. The number of hydrogen-bond acceptors (Lipinski definition) is 4. The Labute approximate surface area is 114 Å². The summed E-state index contributed by atoms with van der Waals surface area (Å²) in [6.07, 6.45) is 0.850. The molecule has 5 heteroatoms. The number of carboxylic acid groups (broad SMARTS) is 1. The van der Waals surface area contributed by atoms with Crippen molar-refractivity contribution < 1.29 is 19.4 Å². The third-order valence-electron chi connectivity index (χ3n) is 4.43. The highest BCUT2D eigenvalue weighted by molar-refractivity contribution is 5.69. The van der Waals surface area contributed by atoms with Crippen molar-refractivity contribution in [3.8, 4) is 0 Å². The van der Waals surface area contributed by atoms with Gasteiger partial charge in [0.15, 0.2) is 0 Å². The number of carbonyl (C=O) groups is 1. The maximum absolute atomic E-state index is 11.4. The second kappa shape index (κ2) is 4.72. The van der Waals surface area contributed by atoms with Gasteiger partial charge < -0.3 is 14.6 Å². The summed E-state index contributed by atoms with van der Waals surface area (Å²) >= 11 is 0. The van der Waals surface area contributed by atoms with E-state index in [-0.39, 0.29) is 12.0 Å². The molecule has 2 aliphatic rings. The summed E-state index contributed by atoms with van der Waals surface area (Å²) in [5.74, 6) is -0.763. The molecule has 0 spiro atoms. The Morgan fingerprint density at radius 2 is 1.79 bits per heavy atom. The molecule has 110 valence electrons. The molecule has 19 heavy (non-hydrogen) atoms. The van der Waals surface area contributed by atoms with Crippen molar-refractivity contribution in [3.05, 3.63) is 0 Å². The molecule has 0 radical (unpaired) electrons. The normalized spacial score (nSPS) is 34.3. The van der Waals surface area contributed by atoms with Gasteiger partial charge in [0.2, 0.25) is 0 Å². The van der Waals surface area contributed by atoms with Crippen LogP contribution < -0.4 is 0 Å². The molecule has 2 fully saturated rings. The second-order valence-corrected chi connectivity index (χ2v) is 6.75. The van der Waals surface area contributed by atoms with Crippen LogP contribution in [0.25, 0.3) is 0 Å². The molecule has 2 rings (SSSR count). The van der Waals surface area contributed by atoms with Crippen LogP contribution in [0.5, 0.6) is 0 Å². The lowest BCUT2D eigenvalue weighted by Gasteiger charge is -2.49. The van der Waals surface area contributed by atoms with Crippen molar-refractivity contribution >= 4 is 5.97 Å². The molecule has 2 aliphatic heterocycles. The Morgan fingerprint density at radius 3 is 2.21 bits per heavy atom. The highest BCUT2D eigenvalue weighted by atomic mass is 16.5. The van der Waals surface area contributed by atoms with Crippen LogP contribution in [-0.4, -0.2) is 59.0 Å². The van der Waals surface area contributed by atoms with Gasteiger partial charge in [-0.1, -0.05) is 0 Å². The zero-order chi connectivity index (χ0) is 14.3. The first kappa shape index (κ1) is 14.8. The highest BCUT2D eigenvalue weighted by Gasteiger charge is 2.60. The van der Waals surface area contributed by atoms with Crippen molar-refractivity contribution in [2.24, 2.45) is 0 Å². The molecule has 1 atom stereocenters. The van der Waals surface area contributed by atoms with E-state index in [1.165, 1.54) is 0 Å². The molecule has 0 aromatic carbocycles. The van der Waals surface area contributed by atoms with E-state index >= 15 is 0 Å². The summed E-state index contributed by atoms with van der Waals surface area (Å²) in [6, 6.07) is 0. The first-order valence-electron chi connectivity index (χ1n) is 6.93. The molecule has 0 saturated carbocycles. The van der Waals surface area contributed by atoms with Gasteiger partial charge in [-0.3, -0.25) is 9.69 Å². The SMILES string of the molecule is CC1(C)CC(CC(=O)O)(N2CCOCC2)C(C)(C)O1. The summed E-state index contributed by atoms with van der Waals surface area (Å²) in [7, 11) is 0. The molecular formula is C14H25NO4. The fourth-order valence-corrected chi connectivity index (χ4v) is 3.86. The molecule has 0 aromatic heterocycles. The average Bonchev–Trinajstić information content (AvgIpc) is 2.44. The molecule has 2 saturated heterocycles. The van der Waals surface area contributed by atoms with E-state index in [1.54, 1.807) is 0 Å². The molecule has 5 nitrogen and oxygen atoms in total. The molecule has 0 aromatic rings. The smallest absolute Gasteiger partial charge is 0.305 e. The van der Waals surface area contributed by atoms with E-state index in [9.17, 15) is 9.90 Å². The standard InChI is InChI=1S/C14H25NO4/c1-12(2)10-14(9-11(16)17,13(3,4)19-12)15-5-7-18-8-6-15/h5-10H2,1-4H3,(H,16,17). The topological polar surface area (TPSA) is 59.0 Å². The first-order valence-corrected chi connectivity index (χ1v) is 6.93. The molecule has 0 aliphatic carbocycles. The Kier molecular flexibility index (Phi) is 3.66. The van der Waals surface area contributed by atoms with Crippen LogP contribution in [0, 0.1) is 0 Å². The number of nitrogens with zero attached hydrogens (tertiary/aromatic N) is 1. The van der Waals surface area contributed by atoms with Crippen molar-refractivity contribution in [1.82, 2.24) is 4.90 Å². The van der Waals surface area contributed by atoms with Crippen molar-refractivity contribution in [2.75, 3.05) is 26.3 Å². The maximum Gasteiger partial charge on any atom is 0.305 e. The van der Waals surface area contributed by atoms with Crippen molar-refractivity contribution in [1.29, 1.82) is 0 Å². The Balaban J connectivity index is 2.36. The van der Waals surface area contributed by atoms with Crippen LogP contribution in [0.2, 0.25) is 0 Å². The van der Waals surface area contributed by atoms with Gasteiger partial charge in [0.1, 0.15) is 0 Å². The number of hydrogen-bond donors (Lipinski definition) is 1. The molecule has 0 amide bonds. The van der Waals surface area contributed by atoms with Gasteiger partial charge >= 0.3 is 5.97 Å². The zero-order valence-corrected chi connectivity index (χ0v) is 12.4. The van der Waals surface area contributed by atoms with E-state index in [1.807, 2.05) is 27.7 Å². The summed E-state index contributed by atoms with van der Waals surface area (Å²) < 4.78 is 11.6. The summed E-state index contributed by atoms with van der Waals surface area (Å²) in [4.78, 5) is 13.7. The minimum Gasteiger partial charge on any atom is -0.481 e. The third-order valence-corrected chi connectivity index (χ3v) is 4.43. The molecule has 1 N–H and O–H groups in total. The largest absolute Gasteiger partial charge is 0.481 e. The third kappa shape index (κ3) is 2.64. The van der Waals surface area contributed by atoms with E-state index in [0.717, 1.165) is 19.5 Å². The quantitative estimate of drug-likeness (QED) is 0.843. The zero-order valence-electron chi connectivity index (χ0n) is 12.4. The number of rotatable bonds is 3. The van der Waals surface area contributed by atoms with E-state index < -0.39 is 17.1 Å². The van der Waals surface area contributed by atoms with Gasteiger partial charge in [-0.15, -0.1) is 0 Å². The van der Waals surface area contributed by atoms with Crippen LogP contribution in [0.3, 0.4) is 0 Å². The minimum absolute atomic E-state index is 0.115. The van der Waals surface area contributed by atoms with Gasteiger partial charge in [-0.05, 0) is 34.1 Å². The van der Waals surface area contributed by atoms with Gasteiger partial charge in [0, 0.05) is 13.1 Å². The van der Waals surface area contributed by atoms with Gasteiger partial charge in [0.05, 0.1) is 36.4 Å². The lowest BCUT2D eigenvalue weighted by Crippen LogP contribution is -2.62. The fraction of sp³-hybridized carbons (Fsp3) is 0.929. The predicted molar refractivity (Wildman–Crippen MR) is 71.2 cm³/mol. The van der Waals surface area contributed by atoms with E-state index in [4.69, 9.17) is 9.47 Å². The lowest BCUT2D eigenvalue weighted by molar-refractivity contribution is -0.152. The van der Waals surface area contributed by atoms with Crippen LogP contribution in [0.4, 0.5) is 0 Å². The lowest BCUT2D eigenvalue weighted by atomic mass is 9.75. The molecule has 0 bridgehead atoms. The Hall–Kier alpha value is -0.650. The predicted octanol–water partition coefficient (Wildman–Crippen LogP) is 1.51. The molecular weight excluding hydrogens is 246 g/mol. The van der Waals surface area contributed by atoms with Gasteiger partial charge in [-0.2, -0.15) is 0 Å². The first-order chi connectivity index (χ1) is 8.69. The molecule has 1 unspecified atom stereocenters. The summed E-state index contributed by atoms with van der Waals surface area (Å²) in [6.45, 7) is 11.0. The Bertz CT molecular complexity index is 360. The van der Waals surface area contributed by atoms with Crippen molar-refractivity contribution in [2.45, 2.75) is 57.3 Å². The van der Waals surface area contributed by atoms with Gasteiger partial charge in [-0.25, -0.2) is 0 Å². The minimum atomic E-state index is -0.763.